The van der Waals surface area contributed by atoms with Crippen molar-refractivity contribution in [3.63, 3.8) is 0 Å². The van der Waals surface area contributed by atoms with Crippen LogP contribution >= 0.6 is 0 Å². The van der Waals surface area contributed by atoms with Gasteiger partial charge in [0.15, 0.2) is 0 Å². The molecule has 0 aromatic heterocycles. The second-order valence-electron chi connectivity index (χ2n) is 4.70. The van der Waals surface area contributed by atoms with Crippen LogP contribution in [0, 0.1) is 5.92 Å². The maximum Gasteiger partial charge on any atom is 0.573 e. The molecule has 2 unspecified atom stereocenters. The largest absolute Gasteiger partial charge is 0.573 e. The fraction of sp³-hybridized carbons (Fsp3) is 0.538. The zero-order valence-corrected chi connectivity index (χ0v) is 10.5. The van der Waals surface area contributed by atoms with Crippen LogP contribution in [-0.2, 0) is 4.74 Å². The summed E-state index contributed by atoms with van der Waals surface area (Å²) in [5, 5.41) is 3.26. The Hall–Kier alpha value is -1.27. The maximum atomic E-state index is 12.0. The van der Waals surface area contributed by atoms with Gasteiger partial charge in [0.05, 0.1) is 12.7 Å². The number of hydrogen-bond acceptors (Lipinski definition) is 3. The first kappa shape index (κ1) is 14.1. The Balaban J connectivity index is 2.01. The first-order valence-corrected chi connectivity index (χ1v) is 6.12. The molecule has 0 bridgehead atoms. The second kappa shape index (κ2) is 5.79. The third-order valence-electron chi connectivity index (χ3n) is 2.89. The maximum absolute atomic E-state index is 12.0. The smallest absolute Gasteiger partial charge is 0.406 e. The summed E-state index contributed by atoms with van der Waals surface area (Å²) in [5.41, 5.74) is 0.844. The number of rotatable bonds is 2. The van der Waals surface area contributed by atoms with E-state index in [-0.39, 0.29) is 11.9 Å². The third kappa shape index (κ3) is 4.40. The molecule has 6 heteroatoms. The van der Waals surface area contributed by atoms with Crippen molar-refractivity contribution in [1.29, 1.82) is 0 Å². The van der Waals surface area contributed by atoms with E-state index >= 15 is 0 Å². The van der Waals surface area contributed by atoms with E-state index in [2.05, 4.69) is 17.0 Å². The van der Waals surface area contributed by atoms with Gasteiger partial charge in [-0.2, -0.15) is 0 Å². The van der Waals surface area contributed by atoms with Crippen molar-refractivity contribution in [3.05, 3.63) is 29.8 Å². The SMILES string of the molecule is CC1CNCC(c2ccc(OC(F)(F)F)cc2)OC1. The van der Waals surface area contributed by atoms with E-state index in [4.69, 9.17) is 4.74 Å². The van der Waals surface area contributed by atoms with E-state index in [1.807, 2.05) is 0 Å². The van der Waals surface area contributed by atoms with Crippen LogP contribution in [0.1, 0.15) is 18.6 Å². The Morgan fingerprint density at radius 3 is 2.53 bits per heavy atom. The number of halogens is 3. The molecule has 2 rings (SSSR count). The van der Waals surface area contributed by atoms with Crippen molar-refractivity contribution < 1.29 is 22.6 Å². The van der Waals surface area contributed by atoms with E-state index in [0.29, 0.717) is 19.1 Å². The quantitative estimate of drug-likeness (QED) is 0.900. The lowest BCUT2D eigenvalue weighted by Crippen LogP contribution is -2.22. The van der Waals surface area contributed by atoms with Gasteiger partial charge in [0.25, 0.3) is 0 Å². The lowest BCUT2D eigenvalue weighted by atomic mass is 10.1. The van der Waals surface area contributed by atoms with Gasteiger partial charge in [0.1, 0.15) is 5.75 Å². The molecule has 1 fully saturated rings. The molecule has 0 amide bonds. The predicted octanol–water partition coefficient (Wildman–Crippen LogP) is 2.88. The standard InChI is InChI=1S/C13H16F3NO2/c1-9-6-17-7-12(18-8-9)10-2-4-11(5-3-10)19-13(14,15)16/h2-5,9,12,17H,6-8H2,1H3. The van der Waals surface area contributed by atoms with E-state index in [1.54, 1.807) is 12.1 Å². The minimum absolute atomic E-state index is 0.134. The van der Waals surface area contributed by atoms with Crippen molar-refractivity contribution >= 4 is 0 Å². The minimum Gasteiger partial charge on any atom is -0.406 e. The monoisotopic (exact) mass is 275 g/mol. The summed E-state index contributed by atoms with van der Waals surface area (Å²) in [6, 6.07) is 5.81. The van der Waals surface area contributed by atoms with Gasteiger partial charge >= 0.3 is 6.36 Å². The van der Waals surface area contributed by atoms with Crippen molar-refractivity contribution in [1.82, 2.24) is 5.32 Å². The summed E-state index contributed by atoms with van der Waals surface area (Å²) in [6.07, 6.45) is -4.79. The van der Waals surface area contributed by atoms with Gasteiger partial charge in [-0.25, -0.2) is 0 Å². The van der Waals surface area contributed by atoms with Crippen LogP contribution in [0.15, 0.2) is 24.3 Å². The second-order valence-corrected chi connectivity index (χ2v) is 4.70. The van der Waals surface area contributed by atoms with E-state index in [0.717, 1.165) is 12.1 Å². The summed E-state index contributed by atoms with van der Waals surface area (Å²) in [7, 11) is 0. The van der Waals surface area contributed by atoms with E-state index in [1.165, 1.54) is 12.1 Å². The molecule has 2 atom stereocenters. The fourth-order valence-electron chi connectivity index (χ4n) is 1.96. The van der Waals surface area contributed by atoms with Crippen molar-refractivity contribution in [3.8, 4) is 5.75 Å². The third-order valence-corrected chi connectivity index (χ3v) is 2.89. The van der Waals surface area contributed by atoms with Crippen LogP contribution in [0.25, 0.3) is 0 Å². The molecule has 19 heavy (non-hydrogen) atoms. The first-order valence-electron chi connectivity index (χ1n) is 6.12. The Morgan fingerprint density at radius 2 is 1.89 bits per heavy atom. The van der Waals surface area contributed by atoms with Crippen LogP contribution < -0.4 is 10.1 Å². The van der Waals surface area contributed by atoms with E-state index in [9.17, 15) is 13.2 Å². The van der Waals surface area contributed by atoms with Crippen LogP contribution in [0.4, 0.5) is 13.2 Å². The Kier molecular flexibility index (Phi) is 4.31. The molecule has 0 aliphatic carbocycles. The molecule has 106 valence electrons. The van der Waals surface area contributed by atoms with E-state index < -0.39 is 6.36 Å². The van der Waals surface area contributed by atoms with Crippen LogP contribution in [0.2, 0.25) is 0 Å². The molecule has 0 radical (unpaired) electrons. The minimum atomic E-state index is -4.66. The topological polar surface area (TPSA) is 30.5 Å². The highest BCUT2D eigenvalue weighted by Gasteiger charge is 2.31. The molecule has 1 aromatic rings. The number of ether oxygens (including phenoxy) is 2. The molecule has 0 saturated carbocycles. The Bertz CT molecular complexity index is 405. The van der Waals surface area contributed by atoms with Gasteiger partial charge in [-0.05, 0) is 23.6 Å². The molecule has 1 saturated heterocycles. The number of benzene rings is 1. The number of hydrogen-bond donors (Lipinski definition) is 1. The van der Waals surface area contributed by atoms with Crippen molar-refractivity contribution in [2.75, 3.05) is 19.7 Å². The molecule has 1 aliphatic heterocycles. The molecule has 1 heterocycles. The predicted molar refractivity (Wildman–Crippen MR) is 63.9 cm³/mol. The van der Waals surface area contributed by atoms with Crippen LogP contribution in [0.3, 0.4) is 0 Å². The van der Waals surface area contributed by atoms with Gasteiger partial charge in [-0.15, -0.1) is 13.2 Å². The lowest BCUT2D eigenvalue weighted by Gasteiger charge is -2.16. The molecule has 0 spiro atoms. The molecule has 3 nitrogen and oxygen atoms in total. The molecular weight excluding hydrogens is 259 g/mol. The molecule has 1 aliphatic rings. The zero-order valence-electron chi connectivity index (χ0n) is 10.5. The van der Waals surface area contributed by atoms with Crippen LogP contribution in [-0.4, -0.2) is 26.1 Å². The number of alkyl halides is 3. The first-order chi connectivity index (χ1) is 8.94. The lowest BCUT2D eigenvalue weighted by molar-refractivity contribution is -0.274. The summed E-state index contributed by atoms with van der Waals surface area (Å²) < 4.78 is 45.7. The average Bonchev–Trinajstić information content (AvgIpc) is 2.53. The summed E-state index contributed by atoms with van der Waals surface area (Å²) >= 11 is 0. The van der Waals surface area contributed by atoms with Gasteiger partial charge < -0.3 is 14.8 Å². The highest BCUT2D eigenvalue weighted by Crippen LogP contribution is 2.26. The van der Waals surface area contributed by atoms with Gasteiger partial charge in [-0.3, -0.25) is 0 Å². The highest BCUT2D eigenvalue weighted by atomic mass is 19.4. The Labute approximate surface area is 109 Å². The van der Waals surface area contributed by atoms with Gasteiger partial charge in [0, 0.05) is 13.1 Å². The zero-order chi connectivity index (χ0) is 13.9. The fourth-order valence-corrected chi connectivity index (χ4v) is 1.96. The summed E-state index contributed by atoms with van der Waals surface area (Å²) in [6.45, 7) is 4.25. The summed E-state index contributed by atoms with van der Waals surface area (Å²) in [4.78, 5) is 0. The Morgan fingerprint density at radius 1 is 1.21 bits per heavy atom. The van der Waals surface area contributed by atoms with Gasteiger partial charge in [0.2, 0.25) is 0 Å². The molecule has 1 aromatic carbocycles. The van der Waals surface area contributed by atoms with Crippen LogP contribution in [0.5, 0.6) is 5.75 Å². The van der Waals surface area contributed by atoms with Gasteiger partial charge in [-0.1, -0.05) is 19.1 Å². The average molecular weight is 275 g/mol. The normalized spacial score (nSPS) is 24.8. The highest BCUT2D eigenvalue weighted by molar-refractivity contribution is 5.29. The molecular formula is C13H16F3NO2. The molecule has 1 N–H and O–H groups in total. The van der Waals surface area contributed by atoms with Crippen molar-refractivity contribution in [2.45, 2.75) is 19.4 Å². The van der Waals surface area contributed by atoms with Crippen molar-refractivity contribution in [2.24, 2.45) is 5.92 Å². The summed E-state index contributed by atoms with van der Waals surface area (Å²) in [5.74, 6) is 0.212. The number of nitrogens with one attached hydrogen (secondary N) is 1.